The van der Waals surface area contributed by atoms with E-state index in [9.17, 15) is 0 Å². The molecule has 4 N–H and O–H groups in total. The smallest absolute Gasteiger partial charge is 0.103 e. The lowest BCUT2D eigenvalue weighted by molar-refractivity contribution is 0.430. The second-order valence-corrected chi connectivity index (χ2v) is 2.55. The molecule has 0 aliphatic heterocycles. The van der Waals surface area contributed by atoms with Gasteiger partial charge in [-0.15, -0.1) is 0 Å². The number of nitrogens with zero attached hydrogens (tertiary/aromatic N) is 1. The van der Waals surface area contributed by atoms with E-state index < -0.39 is 5.54 Å². The fourth-order valence-electron chi connectivity index (χ4n) is 0.129. The Labute approximate surface area is 55.8 Å². The van der Waals surface area contributed by atoms with Gasteiger partial charge < -0.3 is 11.2 Å². The van der Waals surface area contributed by atoms with Crippen molar-refractivity contribution in [1.29, 1.82) is 5.26 Å². The molecule has 0 saturated carbocycles. The molecule has 1 atom stereocenters. The molecule has 0 aromatic heterocycles. The Kier molecular flexibility index (Phi) is 4.29. The molecule has 0 saturated heterocycles. The largest absolute Gasteiger partial charge is 0.412 e. The van der Waals surface area contributed by atoms with E-state index in [0.717, 1.165) is 0 Å². The fraction of sp³-hybridized carbons (Fsp3) is 0.833. The molecule has 1 unspecified atom stereocenters. The molecule has 0 fully saturated rings. The Bertz CT molecular complexity index is 113. The van der Waals surface area contributed by atoms with Crippen molar-refractivity contribution in [1.82, 2.24) is 0 Å². The standard InChI is InChI=1S/C6H12N2.H2O/c1-5(2)6(3,8)4-7;/h5H,8H2,1-3H3;1H2. The van der Waals surface area contributed by atoms with Gasteiger partial charge >= 0.3 is 0 Å². The average Bonchev–Trinajstić information content (AvgIpc) is 1.67. The SMILES string of the molecule is CC(C)C(C)(N)C#N.O. The summed E-state index contributed by atoms with van der Waals surface area (Å²) in [6.45, 7) is 5.60. The molecule has 0 aliphatic rings. The number of rotatable bonds is 1. The fourth-order valence-corrected chi connectivity index (χ4v) is 0.129. The second-order valence-electron chi connectivity index (χ2n) is 2.55. The third kappa shape index (κ3) is 3.07. The van der Waals surface area contributed by atoms with Gasteiger partial charge in [0.2, 0.25) is 0 Å². The van der Waals surface area contributed by atoms with Crippen LogP contribution in [-0.2, 0) is 0 Å². The molecule has 9 heavy (non-hydrogen) atoms. The first-order chi connectivity index (χ1) is 3.50. The summed E-state index contributed by atoms with van der Waals surface area (Å²) < 4.78 is 0. The van der Waals surface area contributed by atoms with Crippen LogP contribution in [-0.4, -0.2) is 11.0 Å². The minimum Gasteiger partial charge on any atom is -0.412 e. The monoisotopic (exact) mass is 130 g/mol. The van der Waals surface area contributed by atoms with Crippen LogP contribution < -0.4 is 5.73 Å². The van der Waals surface area contributed by atoms with Crippen LogP contribution >= 0.6 is 0 Å². The van der Waals surface area contributed by atoms with Crippen molar-refractivity contribution in [2.24, 2.45) is 11.7 Å². The van der Waals surface area contributed by atoms with Gasteiger partial charge in [-0.1, -0.05) is 13.8 Å². The summed E-state index contributed by atoms with van der Waals surface area (Å²) in [5.41, 5.74) is 4.84. The average molecular weight is 130 g/mol. The van der Waals surface area contributed by atoms with Gasteiger partial charge in [0.1, 0.15) is 5.54 Å². The maximum atomic E-state index is 8.39. The molecule has 0 aliphatic carbocycles. The van der Waals surface area contributed by atoms with Crippen molar-refractivity contribution in [3.8, 4) is 6.07 Å². The van der Waals surface area contributed by atoms with Crippen LogP contribution in [0.4, 0.5) is 0 Å². The van der Waals surface area contributed by atoms with E-state index in [2.05, 4.69) is 0 Å². The van der Waals surface area contributed by atoms with E-state index in [1.54, 1.807) is 6.92 Å². The molecule has 0 aromatic rings. The highest BCUT2D eigenvalue weighted by Gasteiger charge is 2.21. The quantitative estimate of drug-likeness (QED) is 0.544. The third-order valence-corrected chi connectivity index (χ3v) is 1.44. The zero-order chi connectivity index (χ0) is 6.78. The van der Waals surface area contributed by atoms with Crippen molar-refractivity contribution in [3.63, 3.8) is 0 Å². The van der Waals surface area contributed by atoms with Crippen molar-refractivity contribution >= 4 is 0 Å². The minimum absolute atomic E-state index is 0. The molecule has 0 radical (unpaired) electrons. The van der Waals surface area contributed by atoms with Gasteiger partial charge in [0, 0.05) is 0 Å². The maximum Gasteiger partial charge on any atom is 0.103 e. The summed E-state index contributed by atoms with van der Waals surface area (Å²) in [7, 11) is 0. The number of hydrogen-bond donors (Lipinski definition) is 1. The molecular formula is C6H14N2O. The van der Waals surface area contributed by atoms with Gasteiger partial charge in [0.05, 0.1) is 6.07 Å². The molecule has 0 heterocycles. The molecule has 3 nitrogen and oxygen atoms in total. The maximum absolute atomic E-state index is 8.39. The zero-order valence-electron chi connectivity index (χ0n) is 6.10. The van der Waals surface area contributed by atoms with Gasteiger partial charge in [0.25, 0.3) is 0 Å². The molecule has 0 rings (SSSR count). The van der Waals surface area contributed by atoms with E-state index in [1.807, 2.05) is 19.9 Å². The summed E-state index contributed by atoms with van der Waals surface area (Å²) in [5, 5.41) is 8.39. The van der Waals surface area contributed by atoms with Crippen LogP contribution in [0.1, 0.15) is 20.8 Å². The molecule has 3 heteroatoms. The van der Waals surface area contributed by atoms with Gasteiger partial charge in [-0.05, 0) is 12.8 Å². The first-order valence-electron chi connectivity index (χ1n) is 2.71. The summed E-state index contributed by atoms with van der Waals surface area (Å²) in [6.07, 6.45) is 0. The van der Waals surface area contributed by atoms with E-state index in [-0.39, 0.29) is 11.4 Å². The van der Waals surface area contributed by atoms with Crippen LogP contribution in [0.3, 0.4) is 0 Å². The van der Waals surface area contributed by atoms with E-state index in [1.165, 1.54) is 0 Å². The lowest BCUT2D eigenvalue weighted by Gasteiger charge is -2.18. The molecule has 0 aromatic carbocycles. The second kappa shape index (κ2) is 3.44. The first kappa shape index (κ1) is 11.2. The number of hydrogen-bond acceptors (Lipinski definition) is 2. The molecule has 54 valence electrons. The molecular weight excluding hydrogens is 116 g/mol. The zero-order valence-corrected chi connectivity index (χ0v) is 6.10. The Morgan fingerprint density at radius 2 is 1.89 bits per heavy atom. The van der Waals surface area contributed by atoms with Gasteiger partial charge in [-0.25, -0.2) is 0 Å². The molecule has 0 bridgehead atoms. The first-order valence-corrected chi connectivity index (χ1v) is 2.71. The Hall–Kier alpha value is -0.590. The van der Waals surface area contributed by atoms with E-state index >= 15 is 0 Å². The van der Waals surface area contributed by atoms with E-state index in [0.29, 0.717) is 0 Å². The van der Waals surface area contributed by atoms with Crippen LogP contribution in [0.25, 0.3) is 0 Å². The van der Waals surface area contributed by atoms with Crippen LogP contribution in [0.5, 0.6) is 0 Å². The highest BCUT2D eigenvalue weighted by Crippen LogP contribution is 2.09. The van der Waals surface area contributed by atoms with Crippen molar-refractivity contribution in [2.75, 3.05) is 0 Å². The lowest BCUT2D eigenvalue weighted by atomic mass is 9.92. The predicted octanol–water partition coefficient (Wildman–Crippen LogP) is 0.0587. The summed E-state index contributed by atoms with van der Waals surface area (Å²) in [6, 6.07) is 2.02. The number of nitriles is 1. The third-order valence-electron chi connectivity index (χ3n) is 1.44. The van der Waals surface area contributed by atoms with Gasteiger partial charge in [-0.2, -0.15) is 5.26 Å². The van der Waals surface area contributed by atoms with Crippen LogP contribution in [0.15, 0.2) is 0 Å². The summed E-state index contributed by atoms with van der Waals surface area (Å²) >= 11 is 0. The summed E-state index contributed by atoms with van der Waals surface area (Å²) in [4.78, 5) is 0. The number of nitrogens with two attached hydrogens (primary N) is 1. The normalized spacial score (nSPS) is 15.6. The highest BCUT2D eigenvalue weighted by atomic mass is 16.0. The highest BCUT2D eigenvalue weighted by molar-refractivity contribution is 5.02. The lowest BCUT2D eigenvalue weighted by Crippen LogP contribution is -2.39. The predicted molar refractivity (Wildman–Crippen MR) is 36.7 cm³/mol. The topological polar surface area (TPSA) is 81.3 Å². The molecule has 0 amide bonds. The van der Waals surface area contributed by atoms with Crippen molar-refractivity contribution < 1.29 is 5.48 Å². The van der Waals surface area contributed by atoms with Crippen LogP contribution in [0, 0.1) is 17.2 Å². The van der Waals surface area contributed by atoms with Crippen molar-refractivity contribution in [3.05, 3.63) is 0 Å². The van der Waals surface area contributed by atoms with E-state index in [4.69, 9.17) is 11.0 Å². The Balaban J connectivity index is 0. The minimum atomic E-state index is -0.653. The summed E-state index contributed by atoms with van der Waals surface area (Å²) in [5.74, 6) is 0.229. The molecule has 0 spiro atoms. The Morgan fingerprint density at radius 3 is 1.89 bits per heavy atom. The Morgan fingerprint density at radius 1 is 1.56 bits per heavy atom. The van der Waals surface area contributed by atoms with Crippen molar-refractivity contribution in [2.45, 2.75) is 26.3 Å². The van der Waals surface area contributed by atoms with Crippen LogP contribution in [0.2, 0.25) is 0 Å². The van der Waals surface area contributed by atoms with Gasteiger partial charge in [-0.3, -0.25) is 0 Å². The van der Waals surface area contributed by atoms with Gasteiger partial charge in [0.15, 0.2) is 0 Å².